The van der Waals surface area contributed by atoms with Crippen LogP contribution >= 0.6 is 0 Å². The Bertz CT molecular complexity index is 1090. The molecule has 0 spiro atoms. The molecule has 1 saturated carbocycles. The summed E-state index contributed by atoms with van der Waals surface area (Å²) in [5.74, 6) is -1.78. The number of hydrogen-bond acceptors (Lipinski definition) is 6. The van der Waals surface area contributed by atoms with Gasteiger partial charge in [-0.25, -0.2) is 9.18 Å². The van der Waals surface area contributed by atoms with E-state index in [9.17, 15) is 19.2 Å². The molecule has 0 aliphatic heterocycles. The number of carbonyl (C=O) groups is 2. The van der Waals surface area contributed by atoms with E-state index in [0.29, 0.717) is 24.3 Å². The van der Waals surface area contributed by atoms with Crippen molar-refractivity contribution >= 4 is 11.9 Å². The smallest absolute Gasteiger partial charge is 0.330 e. The third-order valence-electron chi connectivity index (χ3n) is 5.89. The van der Waals surface area contributed by atoms with Crippen molar-refractivity contribution in [2.45, 2.75) is 33.8 Å². The number of para-hydroxylation sites is 1. The summed E-state index contributed by atoms with van der Waals surface area (Å²) in [6, 6.07) is 15.0. The normalized spacial score (nSPS) is 20.6. The van der Waals surface area contributed by atoms with Crippen molar-refractivity contribution in [2.24, 2.45) is 16.7 Å². The lowest BCUT2D eigenvalue weighted by molar-refractivity contribution is -0.150. The van der Waals surface area contributed by atoms with E-state index >= 15 is 0 Å². The molecule has 0 heterocycles. The number of hydrogen-bond donors (Lipinski definition) is 0. The van der Waals surface area contributed by atoms with Crippen LogP contribution in [-0.4, -0.2) is 18.5 Å². The van der Waals surface area contributed by atoms with E-state index in [1.54, 1.807) is 38.1 Å². The van der Waals surface area contributed by atoms with Gasteiger partial charge in [-0.05, 0) is 36.2 Å². The zero-order valence-corrected chi connectivity index (χ0v) is 18.8. The van der Waals surface area contributed by atoms with Gasteiger partial charge in [-0.2, -0.15) is 5.26 Å². The Hall–Kier alpha value is -3.66. The van der Waals surface area contributed by atoms with Gasteiger partial charge < -0.3 is 14.2 Å². The van der Waals surface area contributed by atoms with Gasteiger partial charge in [0.1, 0.15) is 12.4 Å². The zero-order chi connectivity index (χ0) is 24.1. The largest absolute Gasteiger partial charge is 0.463 e. The first-order valence-corrected chi connectivity index (χ1v) is 10.7. The molecule has 33 heavy (non-hydrogen) atoms. The monoisotopic (exact) mass is 451 g/mol. The molecule has 0 amide bonds. The molecule has 6 nitrogen and oxygen atoms in total. The van der Waals surface area contributed by atoms with Crippen LogP contribution in [0.25, 0.3) is 0 Å². The average molecular weight is 451 g/mol. The van der Waals surface area contributed by atoms with Gasteiger partial charge in [-0.3, -0.25) is 4.79 Å². The number of nitrogens with zero attached hydrogens (tertiary/aromatic N) is 1. The quantitative estimate of drug-likeness (QED) is 0.378. The van der Waals surface area contributed by atoms with Crippen LogP contribution in [0, 0.1) is 33.9 Å². The minimum atomic E-state index is -1.42. The predicted molar refractivity (Wildman–Crippen MR) is 118 cm³/mol. The zero-order valence-electron chi connectivity index (χ0n) is 18.8. The SMILES string of the molecule is CCCOC(=O)C=C[C@@H]1C(C)(C)[C@]1(C#N)C(=O)OCc1ccc(F)c(Oc2ccccc2)c1. The van der Waals surface area contributed by atoms with Gasteiger partial charge in [0.25, 0.3) is 0 Å². The number of benzene rings is 2. The molecule has 1 aliphatic carbocycles. The van der Waals surface area contributed by atoms with E-state index in [1.165, 1.54) is 30.4 Å². The number of rotatable bonds is 9. The van der Waals surface area contributed by atoms with Gasteiger partial charge in [0.05, 0.1) is 12.7 Å². The minimum Gasteiger partial charge on any atom is -0.463 e. The molecule has 2 atom stereocenters. The maximum Gasteiger partial charge on any atom is 0.330 e. The van der Waals surface area contributed by atoms with E-state index < -0.39 is 34.5 Å². The molecule has 0 N–H and O–H groups in total. The molecular weight excluding hydrogens is 425 g/mol. The highest BCUT2D eigenvalue weighted by Crippen LogP contribution is 2.69. The van der Waals surface area contributed by atoms with E-state index in [1.807, 2.05) is 13.0 Å². The first kappa shape index (κ1) is 24.0. The topological polar surface area (TPSA) is 85.6 Å². The molecule has 0 radical (unpaired) electrons. The molecule has 3 rings (SSSR count). The molecule has 2 aromatic rings. The van der Waals surface area contributed by atoms with Crippen molar-refractivity contribution in [3.05, 3.63) is 72.1 Å². The summed E-state index contributed by atoms with van der Waals surface area (Å²) in [5, 5.41) is 9.81. The van der Waals surface area contributed by atoms with Crippen LogP contribution in [0.5, 0.6) is 11.5 Å². The summed E-state index contributed by atoms with van der Waals surface area (Å²) in [5.41, 5.74) is -1.62. The highest BCUT2D eigenvalue weighted by molar-refractivity contribution is 5.88. The average Bonchev–Trinajstić information content (AvgIpc) is 3.31. The van der Waals surface area contributed by atoms with Gasteiger partial charge in [-0.1, -0.05) is 51.1 Å². The van der Waals surface area contributed by atoms with Crippen LogP contribution in [0.15, 0.2) is 60.7 Å². The summed E-state index contributed by atoms with van der Waals surface area (Å²) in [4.78, 5) is 24.7. The van der Waals surface area contributed by atoms with E-state index in [-0.39, 0.29) is 12.4 Å². The lowest BCUT2D eigenvalue weighted by Gasteiger charge is -2.13. The number of ether oxygens (including phenoxy) is 3. The Morgan fingerprint density at radius 2 is 1.88 bits per heavy atom. The third kappa shape index (κ3) is 4.90. The predicted octanol–water partition coefficient (Wildman–Crippen LogP) is 5.34. The van der Waals surface area contributed by atoms with Crippen molar-refractivity contribution < 1.29 is 28.2 Å². The molecule has 1 fully saturated rings. The number of allylic oxidation sites excluding steroid dienone is 1. The molecule has 7 heteroatoms. The highest BCUT2D eigenvalue weighted by Gasteiger charge is 2.76. The minimum absolute atomic E-state index is 0.00268. The first-order valence-electron chi connectivity index (χ1n) is 10.7. The summed E-state index contributed by atoms with van der Waals surface area (Å²) >= 11 is 0. The van der Waals surface area contributed by atoms with Gasteiger partial charge in [-0.15, -0.1) is 0 Å². The van der Waals surface area contributed by atoms with Crippen molar-refractivity contribution in [3.8, 4) is 17.6 Å². The van der Waals surface area contributed by atoms with Crippen LogP contribution in [0.3, 0.4) is 0 Å². The molecule has 0 unspecified atom stereocenters. The van der Waals surface area contributed by atoms with Crippen LogP contribution in [0.4, 0.5) is 4.39 Å². The fourth-order valence-corrected chi connectivity index (χ4v) is 3.86. The number of halogens is 1. The van der Waals surface area contributed by atoms with Gasteiger partial charge in [0, 0.05) is 17.4 Å². The molecule has 0 aromatic heterocycles. The van der Waals surface area contributed by atoms with Crippen molar-refractivity contribution in [2.75, 3.05) is 6.61 Å². The summed E-state index contributed by atoms with van der Waals surface area (Å²) in [7, 11) is 0. The van der Waals surface area contributed by atoms with Crippen LogP contribution in [0.1, 0.15) is 32.8 Å². The Morgan fingerprint density at radius 3 is 2.55 bits per heavy atom. The van der Waals surface area contributed by atoms with E-state index in [2.05, 4.69) is 6.07 Å². The van der Waals surface area contributed by atoms with Crippen molar-refractivity contribution in [3.63, 3.8) is 0 Å². The number of carbonyl (C=O) groups excluding carboxylic acids is 2. The molecule has 172 valence electrons. The molecule has 0 saturated heterocycles. The van der Waals surface area contributed by atoms with Gasteiger partial charge in [0.15, 0.2) is 17.0 Å². The highest BCUT2D eigenvalue weighted by atomic mass is 19.1. The maximum atomic E-state index is 14.2. The lowest BCUT2D eigenvalue weighted by Crippen LogP contribution is -2.23. The Labute approximate surface area is 192 Å². The van der Waals surface area contributed by atoms with Crippen LogP contribution < -0.4 is 4.74 Å². The fourth-order valence-electron chi connectivity index (χ4n) is 3.86. The van der Waals surface area contributed by atoms with E-state index in [0.717, 1.165) is 0 Å². The lowest BCUT2D eigenvalue weighted by atomic mass is 9.98. The maximum absolute atomic E-state index is 14.2. The fraction of sp³-hybridized carbons (Fsp3) is 0.346. The first-order chi connectivity index (χ1) is 15.8. The molecule has 0 bridgehead atoms. The second-order valence-corrected chi connectivity index (χ2v) is 8.40. The van der Waals surface area contributed by atoms with E-state index in [4.69, 9.17) is 14.2 Å². The Morgan fingerprint density at radius 1 is 1.15 bits per heavy atom. The second-order valence-electron chi connectivity index (χ2n) is 8.40. The number of esters is 2. The summed E-state index contributed by atoms with van der Waals surface area (Å²) < 4.78 is 30.2. The molecular formula is C26H26FNO5. The Kier molecular flexibility index (Phi) is 7.17. The summed E-state index contributed by atoms with van der Waals surface area (Å²) in [6.07, 6.45) is 3.48. The summed E-state index contributed by atoms with van der Waals surface area (Å²) in [6.45, 7) is 5.58. The van der Waals surface area contributed by atoms with Crippen molar-refractivity contribution in [1.29, 1.82) is 5.26 Å². The van der Waals surface area contributed by atoms with Crippen LogP contribution in [0.2, 0.25) is 0 Å². The van der Waals surface area contributed by atoms with Crippen LogP contribution in [-0.2, 0) is 25.7 Å². The second kappa shape index (κ2) is 9.86. The standard InChI is InChI=1S/C26H26FNO5/c1-4-14-31-23(29)13-12-22-25(2,3)26(22,17-28)24(30)32-16-18-10-11-20(27)21(15-18)33-19-8-6-5-7-9-19/h5-13,15,22H,4,14,16H2,1-3H3/t22-,26+/m1/s1. The van der Waals surface area contributed by atoms with Gasteiger partial charge in [0.2, 0.25) is 0 Å². The molecule has 2 aromatic carbocycles. The Balaban J connectivity index is 1.68. The number of nitriles is 1. The third-order valence-corrected chi connectivity index (χ3v) is 5.89. The van der Waals surface area contributed by atoms with Crippen molar-refractivity contribution in [1.82, 2.24) is 0 Å². The molecule has 1 aliphatic rings. The van der Waals surface area contributed by atoms with Gasteiger partial charge >= 0.3 is 11.9 Å².